The van der Waals surface area contributed by atoms with Crippen LogP contribution in [0.2, 0.25) is 0 Å². The number of aromatic nitrogens is 4. The summed E-state index contributed by atoms with van der Waals surface area (Å²) in [5.74, 6) is 0.133. The van der Waals surface area contributed by atoms with Crippen LogP contribution in [0, 0.1) is 6.92 Å². The molecule has 0 radical (unpaired) electrons. The molecule has 0 unspecified atom stereocenters. The number of amides is 1. The monoisotopic (exact) mass is 375 g/mol. The summed E-state index contributed by atoms with van der Waals surface area (Å²) < 4.78 is 4.20. The fourth-order valence-corrected chi connectivity index (χ4v) is 4.16. The molecule has 5 rings (SSSR count). The van der Waals surface area contributed by atoms with Crippen molar-refractivity contribution in [3.8, 4) is 5.69 Å². The number of nitrogens with zero attached hydrogens (tertiary/aromatic N) is 5. The predicted molar refractivity (Wildman–Crippen MR) is 106 cm³/mol. The molecule has 1 N–H and O–H groups in total. The first-order valence-electron chi connectivity index (χ1n) is 9.50. The Morgan fingerprint density at radius 1 is 1.14 bits per heavy atom. The van der Waals surface area contributed by atoms with Gasteiger partial charge in [0.25, 0.3) is 0 Å². The fraction of sp³-hybridized carbons (Fsp3) is 0.286. The van der Waals surface area contributed by atoms with E-state index >= 15 is 0 Å². The van der Waals surface area contributed by atoms with E-state index in [9.17, 15) is 9.90 Å². The normalized spacial score (nSPS) is 17.5. The van der Waals surface area contributed by atoms with Crippen LogP contribution in [-0.4, -0.2) is 48.1 Å². The lowest BCUT2D eigenvalue weighted by atomic mass is 9.95. The largest absolute Gasteiger partial charge is 0.465 e. The highest BCUT2D eigenvalue weighted by Crippen LogP contribution is 2.30. The Hall–Kier alpha value is -3.35. The van der Waals surface area contributed by atoms with E-state index in [0.29, 0.717) is 13.1 Å². The van der Waals surface area contributed by atoms with Gasteiger partial charge in [0.15, 0.2) is 11.3 Å². The third kappa shape index (κ3) is 2.62. The van der Waals surface area contributed by atoms with Gasteiger partial charge in [0.2, 0.25) is 0 Å². The number of aryl methyl sites for hydroxylation is 1. The second-order valence-corrected chi connectivity index (χ2v) is 7.43. The zero-order chi connectivity index (χ0) is 19.3. The highest BCUT2D eigenvalue weighted by Gasteiger charge is 2.27. The molecule has 1 aromatic carbocycles. The van der Waals surface area contributed by atoms with Crippen molar-refractivity contribution in [2.75, 3.05) is 13.1 Å². The maximum Gasteiger partial charge on any atom is 0.407 e. The molecule has 0 bridgehead atoms. The number of carboxylic acid groups (broad SMARTS) is 1. The number of piperidine rings is 1. The Morgan fingerprint density at radius 2 is 1.96 bits per heavy atom. The van der Waals surface area contributed by atoms with Crippen molar-refractivity contribution in [3.05, 3.63) is 60.2 Å². The van der Waals surface area contributed by atoms with Gasteiger partial charge in [0, 0.05) is 42.8 Å². The number of likely N-dealkylation sites (tertiary alicyclic amines) is 1. The Kier molecular flexibility index (Phi) is 3.82. The zero-order valence-electron chi connectivity index (χ0n) is 15.6. The first kappa shape index (κ1) is 16.8. The molecular formula is C21H21N5O2. The van der Waals surface area contributed by atoms with E-state index in [0.717, 1.165) is 41.0 Å². The molecule has 0 saturated carbocycles. The molecule has 7 heteroatoms. The maximum absolute atomic E-state index is 11.4. The molecule has 0 spiro atoms. The number of benzene rings is 1. The molecular weight excluding hydrogens is 354 g/mol. The number of carbonyl (C=O) groups is 1. The molecule has 7 nitrogen and oxygen atoms in total. The molecule has 0 aliphatic carbocycles. The van der Waals surface area contributed by atoms with Crippen molar-refractivity contribution < 1.29 is 9.90 Å². The van der Waals surface area contributed by atoms with Gasteiger partial charge in [-0.15, -0.1) is 0 Å². The smallest absolute Gasteiger partial charge is 0.407 e. The molecule has 1 fully saturated rings. The molecule has 4 aromatic rings. The summed E-state index contributed by atoms with van der Waals surface area (Å²) >= 11 is 0. The van der Waals surface area contributed by atoms with Crippen molar-refractivity contribution in [1.29, 1.82) is 0 Å². The van der Waals surface area contributed by atoms with Gasteiger partial charge < -0.3 is 14.6 Å². The van der Waals surface area contributed by atoms with Gasteiger partial charge in [-0.3, -0.25) is 4.40 Å². The summed E-state index contributed by atoms with van der Waals surface area (Å²) in [6.45, 7) is 3.18. The van der Waals surface area contributed by atoms with Crippen molar-refractivity contribution in [2.45, 2.75) is 25.7 Å². The molecule has 1 amide bonds. The van der Waals surface area contributed by atoms with Gasteiger partial charge in [-0.1, -0.05) is 17.7 Å². The van der Waals surface area contributed by atoms with E-state index in [1.165, 1.54) is 10.5 Å². The summed E-state index contributed by atoms with van der Waals surface area (Å²) in [5.41, 5.74) is 5.96. The van der Waals surface area contributed by atoms with Crippen molar-refractivity contribution in [3.63, 3.8) is 0 Å². The van der Waals surface area contributed by atoms with Crippen molar-refractivity contribution in [2.24, 2.45) is 0 Å². The minimum Gasteiger partial charge on any atom is -0.465 e. The highest BCUT2D eigenvalue weighted by atomic mass is 16.4. The number of hydrogen-bond acceptors (Lipinski definition) is 3. The van der Waals surface area contributed by atoms with Gasteiger partial charge >= 0.3 is 6.09 Å². The van der Waals surface area contributed by atoms with Crippen LogP contribution < -0.4 is 0 Å². The van der Waals surface area contributed by atoms with Gasteiger partial charge in [-0.25, -0.2) is 14.8 Å². The van der Waals surface area contributed by atoms with Crippen LogP contribution >= 0.6 is 0 Å². The van der Waals surface area contributed by atoms with E-state index in [-0.39, 0.29) is 5.92 Å². The lowest BCUT2D eigenvalue weighted by Gasteiger charge is -2.30. The van der Waals surface area contributed by atoms with E-state index in [4.69, 9.17) is 0 Å². The molecule has 1 atom stereocenters. The topological polar surface area (TPSA) is 75.7 Å². The third-order valence-corrected chi connectivity index (χ3v) is 5.62. The van der Waals surface area contributed by atoms with E-state index in [1.807, 2.05) is 12.4 Å². The second kappa shape index (κ2) is 6.37. The van der Waals surface area contributed by atoms with Gasteiger partial charge in [0.05, 0.1) is 11.7 Å². The first-order valence-corrected chi connectivity index (χ1v) is 9.50. The summed E-state index contributed by atoms with van der Waals surface area (Å²) in [7, 11) is 0. The standard InChI is InChI=1S/C21H21N5O2/c1-14-4-6-16(7-5-14)25-10-8-17-20(25)23-12-19-22-11-18(26(17)19)15-3-2-9-24(13-15)21(27)28/h4-8,10-12,15H,2-3,9,13H2,1H3,(H,27,28)/t15-/m1/s1. The number of rotatable bonds is 2. The molecule has 1 aliphatic heterocycles. The average molecular weight is 375 g/mol. The number of imidazole rings is 1. The molecule has 1 saturated heterocycles. The van der Waals surface area contributed by atoms with Crippen molar-refractivity contribution >= 4 is 22.9 Å². The Bertz CT molecular complexity index is 1170. The van der Waals surface area contributed by atoms with Crippen LogP contribution in [0.1, 0.15) is 30.0 Å². The van der Waals surface area contributed by atoms with Crippen LogP contribution in [0.5, 0.6) is 0 Å². The SMILES string of the molecule is Cc1ccc(-n2ccc3c2ncc2ncc([C@@H]4CCCN(C(=O)O)C4)n23)cc1. The molecule has 4 heterocycles. The van der Waals surface area contributed by atoms with Crippen LogP contribution in [-0.2, 0) is 0 Å². The molecule has 28 heavy (non-hydrogen) atoms. The van der Waals surface area contributed by atoms with Gasteiger partial charge in [-0.05, 0) is 38.0 Å². The summed E-state index contributed by atoms with van der Waals surface area (Å²) in [6, 6.07) is 10.4. The van der Waals surface area contributed by atoms with Crippen LogP contribution in [0.4, 0.5) is 4.79 Å². The lowest BCUT2D eigenvalue weighted by molar-refractivity contribution is 0.130. The Balaban J connectivity index is 1.63. The third-order valence-electron chi connectivity index (χ3n) is 5.62. The van der Waals surface area contributed by atoms with Gasteiger partial charge in [-0.2, -0.15) is 0 Å². The molecule has 1 aliphatic rings. The van der Waals surface area contributed by atoms with Crippen LogP contribution in [0.15, 0.2) is 48.9 Å². The van der Waals surface area contributed by atoms with Crippen molar-refractivity contribution in [1.82, 2.24) is 23.8 Å². The average Bonchev–Trinajstić information content (AvgIpc) is 3.32. The van der Waals surface area contributed by atoms with E-state index < -0.39 is 6.09 Å². The maximum atomic E-state index is 11.4. The Morgan fingerprint density at radius 3 is 2.75 bits per heavy atom. The van der Waals surface area contributed by atoms with Crippen LogP contribution in [0.3, 0.4) is 0 Å². The van der Waals surface area contributed by atoms with Crippen LogP contribution in [0.25, 0.3) is 22.5 Å². The van der Waals surface area contributed by atoms with E-state index in [2.05, 4.69) is 56.2 Å². The first-order chi connectivity index (χ1) is 13.6. The molecule has 142 valence electrons. The Labute approximate surface area is 161 Å². The van der Waals surface area contributed by atoms with Gasteiger partial charge in [0.1, 0.15) is 0 Å². The highest BCUT2D eigenvalue weighted by molar-refractivity contribution is 5.77. The number of hydrogen-bond donors (Lipinski definition) is 1. The zero-order valence-corrected chi connectivity index (χ0v) is 15.6. The number of fused-ring (bicyclic) bond motifs is 3. The summed E-state index contributed by atoms with van der Waals surface area (Å²) in [6.07, 6.45) is 6.65. The fourth-order valence-electron chi connectivity index (χ4n) is 4.16. The predicted octanol–water partition coefficient (Wildman–Crippen LogP) is 3.84. The minimum absolute atomic E-state index is 0.133. The summed E-state index contributed by atoms with van der Waals surface area (Å²) in [5, 5.41) is 9.38. The quantitative estimate of drug-likeness (QED) is 0.578. The second-order valence-electron chi connectivity index (χ2n) is 7.43. The van der Waals surface area contributed by atoms with E-state index in [1.54, 1.807) is 6.20 Å². The minimum atomic E-state index is -0.851. The molecule has 3 aromatic heterocycles. The summed E-state index contributed by atoms with van der Waals surface area (Å²) in [4.78, 5) is 22.1. The lowest BCUT2D eigenvalue weighted by Crippen LogP contribution is -2.38.